The summed E-state index contributed by atoms with van der Waals surface area (Å²) in [4.78, 5) is 0. The number of aliphatic hydroxyl groups is 2. The molecular weight excluding hydrogens is 408 g/mol. The van der Waals surface area contributed by atoms with Gasteiger partial charge in [0.2, 0.25) is 0 Å². The number of aliphatic hydroxyl groups excluding tert-OH is 2. The van der Waals surface area contributed by atoms with E-state index in [1.165, 1.54) is 16.7 Å². The highest BCUT2D eigenvalue weighted by atomic mass is 16.3. The van der Waals surface area contributed by atoms with E-state index in [-0.39, 0.29) is 24.3 Å². The van der Waals surface area contributed by atoms with Crippen LogP contribution in [0.15, 0.2) is 91.0 Å². The zero-order valence-electron chi connectivity index (χ0n) is 19.2. The molecule has 2 saturated carbocycles. The van der Waals surface area contributed by atoms with Gasteiger partial charge in [-0.3, -0.25) is 5.32 Å². The molecule has 0 radical (unpaired) electrons. The monoisotopic (exact) mass is 444 g/mol. The van der Waals surface area contributed by atoms with Crippen LogP contribution < -0.4 is 11.1 Å². The Morgan fingerprint density at radius 3 is 1.33 bits per heavy atom. The number of hydrogen-bond acceptors (Lipinski definition) is 4. The van der Waals surface area contributed by atoms with Crippen molar-refractivity contribution in [3.63, 3.8) is 0 Å². The Hall–Kier alpha value is -2.50. The lowest BCUT2D eigenvalue weighted by molar-refractivity contribution is 0.138. The van der Waals surface area contributed by atoms with Crippen LogP contribution in [0, 0.1) is 0 Å². The molecule has 174 valence electrons. The molecule has 2 fully saturated rings. The first kappa shape index (κ1) is 23.7. The third-order valence-electron chi connectivity index (χ3n) is 7.03. The second kappa shape index (κ2) is 11.1. The van der Waals surface area contributed by atoms with Crippen molar-refractivity contribution in [3.8, 4) is 0 Å². The maximum absolute atomic E-state index is 10.5. The van der Waals surface area contributed by atoms with Crippen LogP contribution in [0.5, 0.6) is 0 Å². The molecule has 33 heavy (non-hydrogen) atoms. The molecule has 0 bridgehead atoms. The summed E-state index contributed by atoms with van der Waals surface area (Å²) in [7, 11) is 0. The molecule has 3 aromatic carbocycles. The summed E-state index contributed by atoms with van der Waals surface area (Å²) < 4.78 is 0. The topological polar surface area (TPSA) is 78.5 Å². The minimum atomic E-state index is -0.486. The van der Waals surface area contributed by atoms with Gasteiger partial charge in [0.1, 0.15) is 0 Å². The molecule has 5 N–H and O–H groups in total. The van der Waals surface area contributed by atoms with Crippen molar-refractivity contribution in [1.82, 2.24) is 5.32 Å². The molecule has 3 aromatic rings. The Morgan fingerprint density at radius 1 is 0.606 bits per heavy atom. The second-order valence-electron chi connectivity index (χ2n) is 9.26. The molecule has 4 heteroatoms. The minimum Gasteiger partial charge on any atom is -0.392 e. The first-order valence-corrected chi connectivity index (χ1v) is 12.2. The Balaban J connectivity index is 0.000000318. The van der Waals surface area contributed by atoms with E-state index in [4.69, 9.17) is 10.8 Å². The predicted octanol–water partition coefficient (Wildman–Crippen LogP) is 4.34. The highest BCUT2D eigenvalue weighted by Gasteiger charge is 2.40. The summed E-state index contributed by atoms with van der Waals surface area (Å²) in [5, 5.41) is 23.3. The molecule has 0 amide bonds. The highest BCUT2D eigenvalue weighted by Crippen LogP contribution is 2.38. The average Bonchev–Trinajstić information content (AvgIpc) is 3.46. The van der Waals surface area contributed by atoms with Crippen molar-refractivity contribution < 1.29 is 10.2 Å². The van der Waals surface area contributed by atoms with Crippen LogP contribution in [0.3, 0.4) is 0 Å². The number of rotatable bonds is 5. The molecule has 0 aliphatic heterocycles. The van der Waals surface area contributed by atoms with Gasteiger partial charge in [0.25, 0.3) is 0 Å². The number of nitrogens with two attached hydrogens (primary N) is 1. The normalized spacial score (nSPS) is 24.8. The van der Waals surface area contributed by atoms with E-state index in [0.717, 1.165) is 38.5 Å². The SMILES string of the molecule is N[C@@H]1CCC[C@H]1O.O[C@@H]1CCC[C@H]1NC(c1ccccc1)(c1ccccc1)c1ccccc1. The lowest BCUT2D eigenvalue weighted by Crippen LogP contribution is -2.52. The van der Waals surface area contributed by atoms with Crippen LogP contribution in [-0.2, 0) is 5.54 Å². The van der Waals surface area contributed by atoms with Crippen LogP contribution in [0.1, 0.15) is 55.2 Å². The molecule has 0 spiro atoms. The van der Waals surface area contributed by atoms with Crippen LogP contribution in [0.25, 0.3) is 0 Å². The summed E-state index contributed by atoms with van der Waals surface area (Å²) in [5.41, 5.74) is 8.52. The summed E-state index contributed by atoms with van der Waals surface area (Å²) in [6.45, 7) is 0. The smallest absolute Gasteiger partial charge is 0.0950 e. The Labute approximate surface area is 197 Å². The third-order valence-corrected chi connectivity index (χ3v) is 7.03. The largest absolute Gasteiger partial charge is 0.392 e. The summed E-state index contributed by atoms with van der Waals surface area (Å²) in [6, 6.07) is 31.9. The standard InChI is InChI=1S/C24H25NO.C5H11NO/c26-23-18-10-17-22(23)25-24(19-11-4-1-5-12-19,20-13-6-2-7-14-20)21-15-8-3-9-16-21;6-4-2-1-3-5(4)7/h1-9,11-16,22-23,25-26H,10,17-18H2;4-5,7H,1-3,6H2/t22-,23-;4-,5-/m11/s1. The zero-order valence-corrected chi connectivity index (χ0v) is 19.2. The number of benzene rings is 3. The van der Waals surface area contributed by atoms with Gasteiger partial charge in [-0.05, 0) is 55.2 Å². The second-order valence-corrected chi connectivity index (χ2v) is 9.26. The molecule has 4 atom stereocenters. The van der Waals surface area contributed by atoms with E-state index in [1.807, 2.05) is 0 Å². The van der Waals surface area contributed by atoms with E-state index in [1.54, 1.807) is 0 Å². The minimum absolute atomic E-state index is 0.0694. The Morgan fingerprint density at radius 2 is 1.03 bits per heavy atom. The van der Waals surface area contributed by atoms with Crippen molar-refractivity contribution in [2.75, 3.05) is 0 Å². The van der Waals surface area contributed by atoms with Crippen LogP contribution in [-0.4, -0.2) is 34.5 Å². The third kappa shape index (κ3) is 5.36. The van der Waals surface area contributed by atoms with E-state index in [9.17, 15) is 5.11 Å². The average molecular weight is 445 g/mol. The lowest BCUT2D eigenvalue weighted by Gasteiger charge is -2.40. The van der Waals surface area contributed by atoms with Crippen molar-refractivity contribution in [2.24, 2.45) is 5.73 Å². The van der Waals surface area contributed by atoms with Crippen LogP contribution in [0.4, 0.5) is 0 Å². The van der Waals surface area contributed by atoms with Gasteiger partial charge < -0.3 is 15.9 Å². The van der Waals surface area contributed by atoms with Crippen LogP contribution >= 0.6 is 0 Å². The van der Waals surface area contributed by atoms with Gasteiger partial charge in [-0.2, -0.15) is 0 Å². The van der Waals surface area contributed by atoms with Gasteiger partial charge in [-0.25, -0.2) is 0 Å². The maximum Gasteiger partial charge on any atom is 0.0950 e. The zero-order chi connectivity index (χ0) is 23.1. The molecule has 2 aliphatic rings. The van der Waals surface area contributed by atoms with E-state index >= 15 is 0 Å². The molecule has 4 nitrogen and oxygen atoms in total. The molecule has 0 aromatic heterocycles. The van der Waals surface area contributed by atoms with Gasteiger partial charge in [-0.15, -0.1) is 0 Å². The van der Waals surface area contributed by atoms with Crippen molar-refractivity contribution in [2.45, 2.75) is 68.4 Å². The van der Waals surface area contributed by atoms with Gasteiger partial charge in [0, 0.05) is 12.1 Å². The van der Waals surface area contributed by atoms with E-state index in [0.29, 0.717) is 0 Å². The Bertz CT molecular complexity index is 860. The van der Waals surface area contributed by atoms with Crippen molar-refractivity contribution >= 4 is 0 Å². The predicted molar refractivity (Wildman–Crippen MR) is 134 cm³/mol. The molecular formula is C29H36N2O2. The highest BCUT2D eigenvalue weighted by molar-refractivity contribution is 5.49. The quantitative estimate of drug-likeness (QED) is 0.442. The maximum atomic E-state index is 10.5. The van der Waals surface area contributed by atoms with Gasteiger partial charge in [-0.1, -0.05) is 91.0 Å². The number of hydrogen-bond donors (Lipinski definition) is 4. The first-order chi connectivity index (χ1) is 16.1. The molecule has 5 rings (SSSR count). The van der Waals surface area contributed by atoms with Gasteiger partial charge in [0.05, 0.1) is 17.7 Å². The van der Waals surface area contributed by atoms with Crippen molar-refractivity contribution in [3.05, 3.63) is 108 Å². The molecule has 0 unspecified atom stereocenters. The first-order valence-electron chi connectivity index (χ1n) is 12.2. The van der Waals surface area contributed by atoms with Crippen molar-refractivity contribution in [1.29, 1.82) is 0 Å². The molecule has 0 heterocycles. The van der Waals surface area contributed by atoms with Gasteiger partial charge in [0.15, 0.2) is 0 Å². The Kier molecular flexibility index (Phi) is 7.94. The van der Waals surface area contributed by atoms with Gasteiger partial charge >= 0.3 is 0 Å². The lowest BCUT2D eigenvalue weighted by atomic mass is 9.76. The number of nitrogens with one attached hydrogen (secondary N) is 1. The van der Waals surface area contributed by atoms with Crippen LogP contribution in [0.2, 0.25) is 0 Å². The molecule has 2 aliphatic carbocycles. The summed E-state index contributed by atoms with van der Waals surface area (Å²) >= 11 is 0. The van der Waals surface area contributed by atoms with E-state index in [2.05, 4.69) is 96.3 Å². The fraction of sp³-hybridized carbons (Fsp3) is 0.379. The summed E-state index contributed by atoms with van der Waals surface area (Å²) in [6.07, 6.45) is 5.42. The summed E-state index contributed by atoms with van der Waals surface area (Å²) in [5.74, 6) is 0. The van der Waals surface area contributed by atoms with E-state index < -0.39 is 5.54 Å². The fourth-order valence-corrected chi connectivity index (χ4v) is 5.17. The molecule has 0 saturated heterocycles. The fourth-order valence-electron chi connectivity index (χ4n) is 5.17.